The fourth-order valence-electron chi connectivity index (χ4n) is 6.72. The van der Waals surface area contributed by atoms with Crippen LogP contribution in [0.2, 0.25) is 0 Å². The molecule has 5 nitrogen and oxygen atoms in total. The third kappa shape index (κ3) is 3.19. The minimum absolute atomic E-state index is 0.0489. The van der Waals surface area contributed by atoms with Crippen LogP contribution in [-0.2, 0) is 4.79 Å². The number of carbonyl (C=O) groups is 2. The molecule has 0 unspecified atom stereocenters. The fraction of sp³-hybridized carbons (Fsp3) is 0.727. The van der Waals surface area contributed by atoms with Crippen molar-refractivity contribution in [2.24, 2.45) is 29.1 Å². The minimum Gasteiger partial charge on any atom is -0.472 e. The summed E-state index contributed by atoms with van der Waals surface area (Å²) in [6.07, 6.45) is 12.5. The smallest absolute Gasteiger partial charge is 0.257 e. The maximum atomic E-state index is 13.1. The van der Waals surface area contributed by atoms with Gasteiger partial charge < -0.3 is 14.6 Å². The maximum Gasteiger partial charge on any atom is 0.257 e. The Balaban J connectivity index is 1.12. The zero-order valence-corrected chi connectivity index (χ0v) is 16.0. The molecule has 27 heavy (non-hydrogen) atoms. The van der Waals surface area contributed by atoms with Crippen molar-refractivity contribution in [1.29, 1.82) is 0 Å². The van der Waals surface area contributed by atoms with Crippen LogP contribution in [-0.4, -0.2) is 36.3 Å². The molecule has 5 fully saturated rings. The molecule has 0 aromatic carbocycles. The van der Waals surface area contributed by atoms with Crippen molar-refractivity contribution in [2.45, 2.75) is 51.4 Å². The monoisotopic (exact) mass is 370 g/mol. The Hall–Kier alpha value is -1.78. The highest BCUT2D eigenvalue weighted by Crippen LogP contribution is 2.60. The first-order valence-corrected chi connectivity index (χ1v) is 10.7. The van der Waals surface area contributed by atoms with E-state index in [-0.39, 0.29) is 11.3 Å². The predicted octanol–water partition coefficient (Wildman–Crippen LogP) is 3.46. The van der Waals surface area contributed by atoms with Crippen LogP contribution in [0.5, 0.6) is 0 Å². The lowest BCUT2D eigenvalue weighted by Crippen LogP contribution is -2.54. The molecular weight excluding hydrogens is 340 g/mol. The van der Waals surface area contributed by atoms with Crippen molar-refractivity contribution in [3.63, 3.8) is 0 Å². The molecule has 1 aliphatic heterocycles. The number of hydrogen-bond acceptors (Lipinski definition) is 3. The third-order valence-corrected chi connectivity index (χ3v) is 7.74. The normalized spacial score (nSPS) is 35.4. The summed E-state index contributed by atoms with van der Waals surface area (Å²) in [5.41, 5.74) is 0.579. The third-order valence-electron chi connectivity index (χ3n) is 7.74. The van der Waals surface area contributed by atoms with E-state index in [0.29, 0.717) is 17.4 Å². The Morgan fingerprint density at radius 3 is 2.26 bits per heavy atom. The molecule has 4 saturated carbocycles. The van der Waals surface area contributed by atoms with Crippen LogP contribution in [0.3, 0.4) is 0 Å². The zero-order chi connectivity index (χ0) is 18.4. The average molecular weight is 370 g/mol. The van der Waals surface area contributed by atoms with Gasteiger partial charge in [-0.1, -0.05) is 0 Å². The first-order valence-electron chi connectivity index (χ1n) is 10.7. The van der Waals surface area contributed by atoms with E-state index in [4.69, 9.17) is 4.42 Å². The van der Waals surface area contributed by atoms with Gasteiger partial charge in [0, 0.05) is 25.0 Å². The van der Waals surface area contributed by atoms with Gasteiger partial charge in [-0.3, -0.25) is 9.59 Å². The molecule has 1 aromatic heterocycles. The van der Waals surface area contributed by atoms with Crippen LogP contribution < -0.4 is 5.32 Å². The van der Waals surface area contributed by atoms with Gasteiger partial charge in [0.05, 0.1) is 11.8 Å². The summed E-state index contributed by atoms with van der Waals surface area (Å²) in [6.45, 7) is 2.30. The van der Waals surface area contributed by atoms with Crippen molar-refractivity contribution in [2.75, 3.05) is 19.6 Å². The van der Waals surface area contributed by atoms with Gasteiger partial charge in [-0.15, -0.1) is 0 Å². The van der Waals surface area contributed by atoms with Gasteiger partial charge in [0.15, 0.2) is 0 Å². The second-order valence-electron chi connectivity index (χ2n) is 9.66. The summed E-state index contributed by atoms with van der Waals surface area (Å²) in [5, 5.41) is 3.32. The number of rotatable bonds is 4. The van der Waals surface area contributed by atoms with Gasteiger partial charge in [-0.05, 0) is 81.1 Å². The predicted molar refractivity (Wildman–Crippen MR) is 101 cm³/mol. The van der Waals surface area contributed by atoms with E-state index in [1.54, 1.807) is 12.3 Å². The van der Waals surface area contributed by atoms with E-state index in [0.717, 1.165) is 69.5 Å². The Morgan fingerprint density at radius 2 is 1.70 bits per heavy atom. The van der Waals surface area contributed by atoms with Crippen LogP contribution in [0.1, 0.15) is 61.7 Å². The summed E-state index contributed by atoms with van der Waals surface area (Å²) in [5.74, 6) is 3.28. The first kappa shape index (κ1) is 17.3. The first-order chi connectivity index (χ1) is 13.1. The number of nitrogens with one attached hydrogen (secondary N) is 1. The number of furan rings is 1. The molecule has 2 heterocycles. The van der Waals surface area contributed by atoms with Gasteiger partial charge in [0.1, 0.15) is 6.26 Å². The molecule has 1 N–H and O–H groups in total. The lowest BCUT2D eigenvalue weighted by atomic mass is 9.49. The van der Waals surface area contributed by atoms with E-state index in [1.807, 2.05) is 4.90 Å². The molecule has 6 rings (SSSR count). The van der Waals surface area contributed by atoms with Crippen molar-refractivity contribution in [3.8, 4) is 0 Å². The van der Waals surface area contributed by atoms with Crippen molar-refractivity contribution in [1.82, 2.24) is 10.2 Å². The summed E-state index contributed by atoms with van der Waals surface area (Å²) >= 11 is 0. The van der Waals surface area contributed by atoms with Gasteiger partial charge in [0.25, 0.3) is 5.91 Å². The molecule has 4 aliphatic carbocycles. The van der Waals surface area contributed by atoms with E-state index < -0.39 is 0 Å². The molecule has 0 radical (unpaired) electrons. The van der Waals surface area contributed by atoms with Crippen LogP contribution >= 0.6 is 0 Å². The molecule has 146 valence electrons. The highest BCUT2D eigenvalue weighted by Gasteiger charge is 2.54. The molecule has 5 aliphatic rings. The number of carbonyl (C=O) groups excluding carboxylic acids is 2. The number of hydrogen-bond donors (Lipinski definition) is 1. The topological polar surface area (TPSA) is 62.6 Å². The average Bonchev–Trinajstić information content (AvgIpc) is 3.19. The van der Waals surface area contributed by atoms with Crippen molar-refractivity contribution < 1.29 is 14.0 Å². The van der Waals surface area contributed by atoms with Crippen LogP contribution in [0.15, 0.2) is 23.0 Å². The summed E-state index contributed by atoms with van der Waals surface area (Å²) in [4.78, 5) is 27.4. The van der Waals surface area contributed by atoms with E-state index >= 15 is 0 Å². The Kier molecular flexibility index (Phi) is 4.29. The fourth-order valence-corrected chi connectivity index (χ4v) is 6.72. The molecular formula is C22H30N2O3. The minimum atomic E-state index is -0.0489. The maximum absolute atomic E-state index is 13.1. The molecule has 2 amide bonds. The summed E-state index contributed by atoms with van der Waals surface area (Å²) < 4.78 is 5.02. The lowest BCUT2D eigenvalue weighted by Gasteiger charge is -2.55. The quantitative estimate of drug-likeness (QED) is 0.883. The zero-order valence-electron chi connectivity index (χ0n) is 16.0. The number of nitrogens with zero attached hydrogens (tertiary/aromatic N) is 1. The van der Waals surface area contributed by atoms with E-state index in [1.165, 1.54) is 25.5 Å². The van der Waals surface area contributed by atoms with Gasteiger partial charge in [-0.25, -0.2) is 0 Å². The van der Waals surface area contributed by atoms with E-state index in [2.05, 4.69) is 5.32 Å². The number of amides is 2. The second-order valence-corrected chi connectivity index (χ2v) is 9.66. The molecule has 4 bridgehead atoms. The molecule has 0 atom stereocenters. The standard InChI is InChI=1S/C22H30N2O3/c25-20(19-3-6-27-14-19)24-4-1-15(2-5-24)13-23-21(26)22-10-16-7-17(11-22)9-18(8-16)12-22/h3,6,14-18H,1-2,4-5,7-13H2,(H,23,26). The van der Waals surface area contributed by atoms with Crippen molar-refractivity contribution >= 4 is 11.8 Å². The SMILES string of the molecule is O=C(c1ccoc1)N1CCC(CNC(=O)C23CC4CC(CC(C4)C2)C3)CC1. The molecule has 0 spiro atoms. The number of piperidine rings is 1. The van der Waals surface area contributed by atoms with Crippen LogP contribution in [0, 0.1) is 29.1 Å². The Labute approximate surface area is 160 Å². The van der Waals surface area contributed by atoms with Gasteiger partial charge in [-0.2, -0.15) is 0 Å². The van der Waals surface area contributed by atoms with Gasteiger partial charge >= 0.3 is 0 Å². The van der Waals surface area contributed by atoms with Crippen LogP contribution in [0.4, 0.5) is 0 Å². The Bertz CT molecular complexity index is 668. The largest absolute Gasteiger partial charge is 0.472 e. The molecule has 5 heteroatoms. The van der Waals surface area contributed by atoms with Crippen LogP contribution in [0.25, 0.3) is 0 Å². The summed E-state index contributed by atoms with van der Waals surface area (Å²) in [7, 11) is 0. The second kappa shape index (κ2) is 6.68. The van der Waals surface area contributed by atoms with E-state index in [9.17, 15) is 9.59 Å². The molecule has 1 aromatic rings. The van der Waals surface area contributed by atoms with Crippen molar-refractivity contribution in [3.05, 3.63) is 24.2 Å². The highest BCUT2D eigenvalue weighted by molar-refractivity contribution is 5.93. The summed E-state index contributed by atoms with van der Waals surface area (Å²) in [6, 6.07) is 1.72. The van der Waals surface area contributed by atoms with Gasteiger partial charge in [0.2, 0.25) is 5.91 Å². The highest BCUT2D eigenvalue weighted by atomic mass is 16.3. The lowest BCUT2D eigenvalue weighted by molar-refractivity contribution is -0.146. The Morgan fingerprint density at radius 1 is 1.07 bits per heavy atom. The molecule has 1 saturated heterocycles. The number of likely N-dealkylation sites (tertiary alicyclic amines) is 1.